The van der Waals surface area contributed by atoms with Crippen molar-refractivity contribution in [2.45, 2.75) is 45.6 Å². The SMILES string of the molecule is CC1=CC(C)CC(C(O)C2(CN)CCCOC2)C1. The van der Waals surface area contributed by atoms with Gasteiger partial charge in [0, 0.05) is 18.6 Å². The van der Waals surface area contributed by atoms with Gasteiger partial charge in [0.1, 0.15) is 0 Å². The molecule has 3 nitrogen and oxygen atoms in total. The van der Waals surface area contributed by atoms with Crippen LogP contribution in [0.2, 0.25) is 0 Å². The van der Waals surface area contributed by atoms with E-state index in [0.717, 1.165) is 32.3 Å². The van der Waals surface area contributed by atoms with Crippen LogP contribution in [0.4, 0.5) is 0 Å². The monoisotopic (exact) mass is 253 g/mol. The Morgan fingerprint density at radius 2 is 2.39 bits per heavy atom. The Morgan fingerprint density at radius 1 is 1.61 bits per heavy atom. The molecule has 1 aliphatic carbocycles. The zero-order valence-electron chi connectivity index (χ0n) is 11.7. The summed E-state index contributed by atoms with van der Waals surface area (Å²) in [4.78, 5) is 0. The number of ether oxygens (including phenoxy) is 1. The third-order valence-electron chi connectivity index (χ3n) is 4.66. The summed E-state index contributed by atoms with van der Waals surface area (Å²) in [5, 5.41) is 10.8. The van der Waals surface area contributed by atoms with E-state index >= 15 is 0 Å². The topological polar surface area (TPSA) is 55.5 Å². The second-order valence-electron chi connectivity index (χ2n) is 6.36. The van der Waals surface area contributed by atoms with E-state index < -0.39 is 0 Å². The van der Waals surface area contributed by atoms with Gasteiger partial charge >= 0.3 is 0 Å². The molecule has 0 aromatic rings. The van der Waals surface area contributed by atoms with Crippen molar-refractivity contribution >= 4 is 0 Å². The van der Waals surface area contributed by atoms with Crippen molar-refractivity contribution in [3.8, 4) is 0 Å². The van der Waals surface area contributed by atoms with E-state index in [-0.39, 0.29) is 11.5 Å². The molecule has 3 N–H and O–H groups in total. The molecule has 0 saturated carbocycles. The average Bonchev–Trinajstić information content (AvgIpc) is 2.37. The highest BCUT2D eigenvalue weighted by Crippen LogP contribution is 2.40. The number of aliphatic hydroxyl groups is 1. The minimum Gasteiger partial charge on any atom is -0.392 e. The highest BCUT2D eigenvalue weighted by Gasteiger charge is 2.43. The fourth-order valence-electron chi connectivity index (χ4n) is 3.73. The van der Waals surface area contributed by atoms with Gasteiger partial charge in [-0.05, 0) is 44.4 Å². The van der Waals surface area contributed by atoms with E-state index in [4.69, 9.17) is 10.5 Å². The average molecular weight is 253 g/mol. The van der Waals surface area contributed by atoms with Gasteiger partial charge in [-0.3, -0.25) is 0 Å². The number of allylic oxidation sites excluding steroid dienone is 2. The van der Waals surface area contributed by atoms with E-state index in [9.17, 15) is 5.11 Å². The van der Waals surface area contributed by atoms with E-state index in [0.29, 0.717) is 25.0 Å². The van der Waals surface area contributed by atoms with E-state index in [2.05, 4.69) is 19.9 Å². The van der Waals surface area contributed by atoms with Crippen LogP contribution < -0.4 is 5.73 Å². The lowest BCUT2D eigenvalue weighted by atomic mass is 9.68. The van der Waals surface area contributed by atoms with Crippen molar-refractivity contribution < 1.29 is 9.84 Å². The quantitative estimate of drug-likeness (QED) is 0.757. The Labute approximate surface area is 110 Å². The molecular weight excluding hydrogens is 226 g/mol. The summed E-state index contributed by atoms with van der Waals surface area (Å²) in [6.45, 7) is 6.37. The first kappa shape index (κ1) is 14.0. The molecule has 0 radical (unpaired) electrons. The van der Waals surface area contributed by atoms with E-state index in [1.165, 1.54) is 5.57 Å². The predicted molar refractivity (Wildman–Crippen MR) is 73.2 cm³/mol. The molecule has 4 unspecified atom stereocenters. The highest BCUT2D eigenvalue weighted by atomic mass is 16.5. The van der Waals surface area contributed by atoms with Gasteiger partial charge < -0.3 is 15.6 Å². The second-order valence-corrected chi connectivity index (χ2v) is 6.36. The zero-order valence-corrected chi connectivity index (χ0v) is 11.7. The van der Waals surface area contributed by atoms with Crippen LogP contribution in [0.15, 0.2) is 11.6 Å². The Bertz CT molecular complexity index is 308. The summed E-state index contributed by atoms with van der Waals surface area (Å²) in [6.07, 6.45) is 6.10. The largest absolute Gasteiger partial charge is 0.392 e. The van der Waals surface area contributed by atoms with Crippen LogP contribution in [-0.2, 0) is 4.74 Å². The van der Waals surface area contributed by atoms with Crippen LogP contribution in [0, 0.1) is 17.3 Å². The minimum atomic E-state index is -0.325. The van der Waals surface area contributed by atoms with E-state index in [1.807, 2.05) is 0 Å². The molecule has 18 heavy (non-hydrogen) atoms. The molecule has 3 heteroatoms. The van der Waals surface area contributed by atoms with Crippen LogP contribution in [0.1, 0.15) is 39.5 Å². The summed E-state index contributed by atoms with van der Waals surface area (Å²) in [6, 6.07) is 0. The molecule has 2 aliphatic rings. The summed E-state index contributed by atoms with van der Waals surface area (Å²) >= 11 is 0. The van der Waals surface area contributed by atoms with Crippen molar-refractivity contribution in [1.29, 1.82) is 0 Å². The molecule has 1 heterocycles. The summed E-state index contributed by atoms with van der Waals surface area (Å²) in [5.74, 6) is 0.910. The maximum absolute atomic E-state index is 10.8. The molecule has 0 aromatic carbocycles. The molecule has 1 saturated heterocycles. The van der Waals surface area contributed by atoms with Gasteiger partial charge in [-0.15, -0.1) is 0 Å². The minimum absolute atomic E-state index is 0.208. The normalized spacial score (nSPS) is 39.2. The second kappa shape index (κ2) is 5.72. The van der Waals surface area contributed by atoms with Gasteiger partial charge in [-0.2, -0.15) is 0 Å². The lowest BCUT2D eigenvalue weighted by Gasteiger charge is -2.44. The van der Waals surface area contributed by atoms with Crippen molar-refractivity contribution in [3.05, 3.63) is 11.6 Å². The maximum atomic E-state index is 10.8. The van der Waals surface area contributed by atoms with Crippen molar-refractivity contribution in [2.24, 2.45) is 23.0 Å². The fourth-order valence-corrected chi connectivity index (χ4v) is 3.73. The maximum Gasteiger partial charge on any atom is 0.0662 e. The lowest BCUT2D eigenvalue weighted by molar-refractivity contribution is -0.101. The number of hydrogen-bond donors (Lipinski definition) is 2. The molecule has 104 valence electrons. The number of aliphatic hydroxyl groups excluding tert-OH is 1. The van der Waals surface area contributed by atoms with Crippen molar-refractivity contribution in [1.82, 2.24) is 0 Å². The van der Waals surface area contributed by atoms with Crippen LogP contribution in [0.5, 0.6) is 0 Å². The third-order valence-corrected chi connectivity index (χ3v) is 4.66. The van der Waals surface area contributed by atoms with Gasteiger partial charge in [0.05, 0.1) is 12.7 Å². The standard InChI is InChI=1S/C15H27NO2/c1-11-6-12(2)8-13(7-11)14(17)15(9-16)4-3-5-18-10-15/h6,11,13-14,17H,3-5,7-10,16H2,1-2H3. The first-order valence-corrected chi connectivity index (χ1v) is 7.20. The molecule has 1 fully saturated rings. The van der Waals surface area contributed by atoms with Gasteiger partial charge in [0.15, 0.2) is 0 Å². The Morgan fingerprint density at radius 3 is 2.94 bits per heavy atom. The van der Waals surface area contributed by atoms with Crippen LogP contribution in [-0.4, -0.2) is 31.0 Å². The molecule has 0 amide bonds. The molecule has 1 aliphatic heterocycles. The van der Waals surface area contributed by atoms with Gasteiger partial charge in [-0.1, -0.05) is 18.6 Å². The Balaban J connectivity index is 2.09. The van der Waals surface area contributed by atoms with Crippen molar-refractivity contribution in [3.63, 3.8) is 0 Å². The molecule has 0 bridgehead atoms. The third kappa shape index (κ3) is 2.79. The highest BCUT2D eigenvalue weighted by molar-refractivity contribution is 5.09. The van der Waals surface area contributed by atoms with Gasteiger partial charge in [0.25, 0.3) is 0 Å². The Hall–Kier alpha value is -0.380. The van der Waals surface area contributed by atoms with Crippen LogP contribution >= 0.6 is 0 Å². The first-order valence-electron chi connectivity index (χ1n) is 7.20. The lowest BCUT2D eigenvalue weighted by Crippen LogP contribution is -2.51. The fraction of sp³-hybridized carbons (Fsp3) is 0.867. The van der Waals surface area contributed by atoms with Gasteiger partial charge in [-0.25, -0.2) is 0 Å². The molecule has 2 rings (SSSR count). The Kier molecular flexibility index (Phi) is 4.46. The molecular formula is C15H27NO2. The van der Waals surface area contributed by atoms with E-state index in [1.54, 1.807) is 0 Å². The van der Waals surface area contributed by atoms with Gasteiger partial charge in [0.2, 0.25) is 0 Å². The summed E-state index contributed by atoms with van der Waals surface area (Å²) in [7, 11) is 0. The van der Waals surface area contributed by atoms with Crippen LogP contribution in [0.3, 0.4) is 0 Å². The predicted octanol–water partition coefficient (Wildman–Crippen LogP) is 2.10. The number of nitrogens with two attached hydrogens (primary N) is 1. The zero-order chi connectivity index (χ0) is 13.2. The molecule has 0 spiro atoms. The summed E-state index contributed by atoms with van der Waals surface area (Å²) < 4.78 is 5.59. The van der Waals surface area contributed by atoms with Crippen LogP contribution in [0.25, 0.3) is 0 Å². The van der Waals surface area contributed by atoms with Crippen molar-refractivity contribution in [2.75, 3.05) is 19.8 Å². The number of rotatable bonds is 3. The smallest absolute Gasteiger partial charge is 0.0662 e. The number of hydrogen-bond acceptors (Lipinski definition) is 3. The molecule has 0 aromatic heterocycles. The molecule has 4 atom stereocenters. The summed E-state index contributed by atoms with van der Waals surface area (Å²) in [5.41, 5.74) is 7.16. The first-order chi connectivity index (χ1) is 8.57.